The van der Waals surface area contributed by atoms with E-state index in [4.69, 9.17) is 10.5 Å². The zero-order chi connectivity index (χ0) is 12.5. The summed E-state index contributed by atoms with van der Waals surface area (Å²) in [7, 11) is 0. The maximum atomic E-state index is 6.01. The predicted octanol–water partition coefficient (Wildman–Crippen LogP) is 2.12. The van der Waals surface area contributed by atoms with Gasteiger partial charge in [-0.1, -0.05) is 0 Å². The topological polar surface area (TPSA) is 66.0 Å². The fourth-order valence-corrected chi connectivity index (χ4v) is 2.32. The molecule has 0 spiro atoms. The van der Waals surface area contributed by atoms with Crippen LogP contribution in [-0.2, 0) is 4.74 Å². The standard InChI is InChI=1S/C12H13BrN4O/c13-9-1-2-11(15-5-9)17-6-10(14)12(16-17)8-3-4-18-7-8/h1-2,5-6,8H,3-4,7,14H2. The molecule has 1 aliphatic heterocycles. The molecule has 0 radical (unpaired) electrons. The zero-order valence-electron chi connectivity index (χ0n) is 9.71. The summed E-state index contributed by atoms with van der Waals surface area (Å²) in [6.45, 7) is 1.49. The summed E-state index contributed by atoms with van der Waals surface area (Å²) in [5.41, 5.74) is 7.63. The molecule has 1 fully saturated rings. The number of hydrogen-bond acceptors (Lipinski definition) is 4. The molecule has 2 N–H and O–H groups in total. The van der Waals surface area contributed by atoms with Crippen LogP contribution in [-0.4, -0.2) is 28.0 Å². The van der Waals surface area contributed by atoms with Gasteiger partial charge in [0.15, 0.2) is 5.82 Å². The molecule has 0 amide bonds. The smallest absolute Gasteiger partial charge is 0.153 e. The highest BCUT2D eigenvalue weighted by Crippen LogP contribution is 2.28. The lowest BCUT2D eigenvalue weighted by atomic mass is 10.0. The van der Waals surface area contributed by atoms with Gasteiger partial charge in [0.2, 0.25) is 0 Å². The summed E-state index contributed by atoms with van der Waals surface area (Å²) in [6, 6.07) is 3.82. The van der Waals surface area contributed by atoms with Gasteiger partial charge in [-0.3, -0.25) is 0 Å². The van der Waals surface area contributed by atoms with E-state index in [2.05, 4.69) is 26.0 Å². The largest absolute Gasteiger partial charge is 0.396 e. The first-order valence-electron chi connectivity index (χ1n) is 5.79. The highest BCUT2D eigenvalue weighted by atomic mass is 79.9. The van der Waals surface area contributed by atoms with Crippen molar-refractivity contribution in [2.45, 2.75) is 12.3 Å². The molecule has 94 valence electrons. The van der Waals surface area contributed by atoms with Gasteiger partial charge in [-0.25, -0.2) is 9.67 Å². The van der Waals surface area contributed by atoms with E-state index in [0.29, 0.717) is 18.2 Å². The lowest BCUT2D eigenvalue weighted by molar-refractivity contribution is 0.193. The second-order valence-electron chi connectivity index (χ2n) is 4.31. The maximum Gasteiger partial charge on any atom is 0.153 e. The van der Waals surface area contributed by atoms with Gasteiger partial charge in [0.25, 0.3) is 0 Å². The van der Waals surface area contributed by atoms with E-state index in [-0.39, 0.29) is 0 Å². The number of anilines is 1. The van der Waals surface area contributed by atoms with Crippen LogP contribution in [0.15, 0.2) is 29.0 Å². The van der Waals surface area contributed by atoms with Gasteiger partial charge in [-0.05, 0) is 34.5 Å². The molecule has 0 aliphatic carbocycles. The minimum absolute atomic E-state index is 0.307. The molecule has 1 aliphatic rings. The summed E-state index contributed by atoms with van der Waals surface area (Å²) in [6.07, 6.45) is 4.53. The molecule has 2 aromatic rings. The summed E-state index contributed by atoms with van der Waals surface area (Å²) in [5.74, 6) is 1.07. The van der Waals surface area contributed by atoms with Crippen LogP contribution in [0.2, 0.25) is 0 Å². The van der Waals surface area contributed by atoms with Crippen molar-refractivity contribution >= 4 is 21.6 Å². The molecule has 6 heteroatoms. The molecule has 1 saturated heterocycles. The van der Waals surface area contributed by atoms with E-state index < -0.39 is 0 Å². The number of halogens is 1. The van der Waals surface area contributed by atoms with E-state index >= 15 is 0 Å². The van der Waals surface area contributed by atoms with E-state index in [0.717, 1.165) is 29.0 Å². The maximum absolute atomic E-state index is 6.01. The number of hydrogen-bond donors (Lipinski definition) is 1. The number of nitrogens with zero attached hydrogens (tertiary/aromatic N) is 3. The summed E-state index contributed by atoms with van der Waals surface area (Å²) in [4.78, 5) is 4.30. The second-order valence-corrected chi connectivity index (χ2v) is 5.23. The fourth-order valence-electron chi connectivity index (χ4n) is 2.09. The highest BCUT2D eigenvalue weighted by molar-refractivity contribution is 9.10. The van der Waals surface area contributed by atoms with Crippen molar-refractivity contribution in [1.29, 1.82) is 0 Å². The Labute approximate surface area is 113 Å². The molecule has 3 rings (SSSR count). The van der Waals surface area contributed by atoms with E-state index in [1.54, 1.807) is 10.9 Å². The van der Waals surface area contributed by atoms with Crippen molar-refractivity contribution < 1.29 is 4.74 Å². The molecule has 3 heterocycles. The van der Waals surface area contributed by atoms with Crippen LogP contribution in [0.25, 0.3) is 5.82 Å². The minimum Gasteiger partial charge on any atom is -0.396 e. The average molecular weight is 309 g/mol. The number of aromatic nitrogens is 3. The third-order valence-electron chi connectivity index (χ3n) is 3.04. The number of nitrogen functional groups attached to an aromatic ring is 1. The number of nitrogens with two attached hydrogens (primary N) is 1. The van der Waals surface area contributed by atoms with E-state index in [9.17, 15) is 0 Å². The Kier molecular flexibility index (Phi) is 3.05. The molecule has 1 unspecified atom stereocenters. The van der Waals surface area contributed by atoms with Crippen LogP contribution in [0.4, 0.5) is 5.69 Å². The molecular weight excluding hydrogens is 296 g/mol. The molecule has 0 bridgehead atoms. The lowest BCUT2D eigenvalue weighted by Gasteiger charge is -2.04. The Bertz CT molecular complexity index is 546. The predicted molar refractivity (Wildman–Crippen MR) is 71.6 cm³/mol. The first-order chi connectivity index (χ1) is 8.74. The van der Waals surface area contributed by atoms with Crippen LogP contribution in [0.3, 0.4) is 0 Å². The third kappa shape index (κ3) is 2.13. The monoisotopic (exact) mass is 308 g/mol. The van der Waals surface area contributed by atoms with Crippen LogP contribution >= 0.6 is 15.9 Å². The van der Waals surface area contributed by atoms with Crippen LogP contribution in [0.1, 0.15) is 18.0 Å². The summed E-state index contributed by atoms with van der Waals surface area (Å²) in [5, 5.41) is 4.53. The first kappa shape index (κ1) is 11.7. The average Bonchev–Trinajstić information content (AvgIpc) is 2.99. The zero-order valence-corrected chi connectivity index (χ0v) is 11.3. The molecular formula is C12H13BrN4O. The summed E-state index contributed by atoms with van der Waals surface area (Å²) < 4.78 is 8.03. The molecule has 5 nitrogen and oxygen atoms in total. The van der Waals surface area contributed by atoms with Gasteiger partial charge in [0, 0.05) is 23.2 Å². The van der Waals surface area contributed by atoms with Crippen molar-refractivity contribution in [3.05, 3.63) is 34.7 Å². The van der Waals surface area contributed by atoms with Gasteiger partial charge in [-0.2, -0.15) is 5.10 Å². The lowest BCUT2D eigenvalue weighted by Crippen LogP contribution is -2.03. The highest BCUT2D eigenvalue weighted by Gasteiger charge is 2.23. The molecule has 0 saturated carbocycles. The fraction of sp³-hybridized carbons (Fsp3) is 0.333. The Morgan fingerprint density at radius 2 is 2.33 bits per heavy atom. The Morgan fingerprint density at radius 3 is 3.00 bits per heavy atom. The molecule has 1 atom stereocenters. The Morgan fingerprint density at radius 1 is 1.44 bits per heavy atom. The second kappa shape index (κ2) is 4.70. The molecule has 2 aromatic heterocycles. The number of rotatable bonds is 2. The van der Waals surface area contributed by atoms with Gasteiger partial charge >= 0.3 is 0 Å². The first-order valence-corrected chi connectivity index (χ1v) is 6.58. The Hall–Kier alpha value is -1.40. The SMILES string of the molecule is Nc1cn(-c2ccc(Br)cn2)nc1C1CCOC1. The van der Waals surface area contributed by atoms with Crippen LogP contribution in [0, 0.1) is 0 Å². The van der Waals surface area contributed by atoms with Crippen molar-refractivity contribution in [3.63, 3.8) is 0 Å². The van der Waals surface area contributed by atoms with Crippen molar-refractivity contribution in [1.82, 2.24) is 14.8 Å². The molecule has 18 heavy (non-hydrogen) atoms. The Balaban J connectivity index is 1.94. The number of pyridine rings is 1. The van der Waals surface area contributed by atoms with Gasteiger partial charge < -0.3 is 10.5 Å². The van der Waals surface area contributed by atoms with Gasteiger partial charge in [0.1, 0.15) is 0 Å². The summed E-state index contributed by atoms with van der Waals surface area (Å²) >= 11 is 3.36. The number of ether oxygens (including phenoxy) is 1. The third-order valence-corrected chi connectivity index (χ3v) is 3.50. The minimum atomic E-state index is 0.307. The van der Waals surface area contributed by atoms with Crippen molar-refractivity contribution in [2.75, 3.05) is 18.9 Å². The molecule has 0 aromatic carbocycles. The van der Waals surface area contributed by atoms with E-state index in [1.165, 1.54) is 0 Å². The van der Waals surface area contributed by atoms with Crippen LogP contribution in [0.5, 0.6) is 0 Å². The van der Waals surface area contributed by atoms with Gasteiger partial charge in [0.05, 0.1) is 24.2 Å². The van der Waals surface area contributed by atoms with Crippen LogP contribution < -0.4 is 5.73 Å². The van der Waals surface area contributed by atoms with Crippen molar-refractivity contribution in [3.8, 4) is 5.82 Å². The normalized spacial score (nSPS) is 19.3. The quantitative estimate of drug-likeness (QED) is 0.923. The van der Waals surface area contributed by atoms with E-state index in [1.807, 2.05) is 18.3 Å². The van der Waals surface area contributed by atoms with Gasteiger partial charge in [-0.15, -0.1) is 0 Å². The van der Waals surface area contributed by atoms with Crippen molar-refractivity contribution in [2.24, 2.45) is 0 Å².